The molecule has 0 saturated heterocycles. The zero-order chi connectivity index (χ0) is 13.0. The lowest BCUT2D eigenvalue weighted by molar-refractivity contribution is 0.380. The molecule has 0 atom stereocenters. The largest absolute Gasteiger partial charge is 0.370 e. The lowest BCUT2D eigenvalue weighted by Crippen LogP contribution is -2.21. The first-order valence-electron chi connectivity index (χ1n) is 6.96. The van der Waals surface area contributed by atoms with Gasteiger partial charge in [0.2, 0.25) is 0 Å². The molecule has 0 aromatic carbocycles. The van der Waals surface area contributed by atoms with Crippen molar-refractivity contribution in [2.75, 3.05) is 23.7 Å². The first kappa shape index (κ1) is 13.1. The van der Waals surface area contributed by atoms with Crippen LogP contribution in [0.15, 0.2) is 12.4 Å². The summed E-state index contributed by atoms with van der Waals surface area (Å²) in [5.41, 5.74) is 0.502. The SMILES string of the molecule is CCCNc1cc(NCC2(C(C)C)CC2)ncn1. The lowest BCUT2D eigenvalue weighted by Gasteiger charge is -2.20. The van der Waals surface area contributed by atoms with E-state index in [1.165, 1.54) is 12.8 Å². The monoisotopic (exact) mass is 248 g/mol. The van der Waals surface area contributed by atoms with Crippen molar-refractivity contribution < 1.29 is 0 Å². The zero-order valence-corrected chi connectivity index (χ0v) is 11.7. The van der Waals surface area contributed by atoms with Gasteiger partial charge in [-0.3, -0.25) is 0 Å². The summed E-state index contributed by atoms with van der Waals surface area (Å²) in [6, 6.07) is 1.99. The van der Waals surface area contributed by atoms with Crippen molar-refractivity contribution in [2.24, 2.45) is 11.3 Å². The van der Waals surface area contributed by atoms with Crippen LogP contribution < -0.4 is 10.6 Å². The van der Waals surface area contributed by atoms with Gasteiger partial charge in [-0.25, -0.2) is 9.97 Å². The summed E-state index contributed by atoms with van der Waals surface area (Å²) in [4.78, 5) is 8.49. The number of rotatable bonds is 7. The van der Waals surface area contributed by atoms with E-state index in [1.54, 1.807) is 6.33 Å². The normalized spacial score (nSPS) is 16.7. The molecule has 1 aliphatic carbocycles. The molecule has 1 aromatic heterocycles. The highest BCUT2D eigenvalue weighted by atomic mass is 15.1. The summed E-state index contributed by atoms with van der Waals surface area (Å²) in [5.74, 6) is 2.57. The number of hydrogen-bond donors (Lipinski definition) is 2. The number of nitrogens with one attached hydrogen (secondary N) is 2. The highest BCUT2D eigenvalue weighted by molar-refractivity contribution is 5.46. The van der Waals surface area contributed by atoms with Crippen LogP contribution in [0.4, 0.5) is 11.6 Å². The van der Waals surface area contributed by atoms with Crippen LogP contribution in [0.2, 0.25) is 0 Å². The molecule has 1 aromatic rings. The van der Waals surface area contributed by atoms with Crippen molar-refractivity contribution >= 4 is 11.6 Å². The summed E-state index contributed by atoms with van der Waals surface area (Å²) >= 11 is 0. The fourth-order valence-corrected chi connectivity index (χ4v) is 2.19. The number of anilines is 2. The molecule has 0 amide bonds. The van der Waals surface area contributed by atoms with E-state index in [0.29, 0.717) is 5.41 Å². The van der Waals surface area contributed by atoms with Gasteiger partial charge in [-0.15, -0.1) is 0 Å². The zero-order valence-electron chi connectivity index (χ0n) is 11.7. The Labute approximate surface area is 110 Å². The van der Waals surface area contributed by atoms with E-state index in [9.17, 15) is 0 Å². The van der Waals surface area contributed by atoms with Crippen molar-refractivity contribution in [3.05, 3.63) is 12.4 Å². The fourth-order valence-electron chi connectivity index (χ4n) is 2.19. The second-order valence-corrected chi connectivity index (χ2v) is 5.59. The third-order valence-corrected chi connectivity index (χ3v) is 3.96. The van der Waals surface area contributed by atoms with Crippen LogP contribution in [-0.2, 0) is 0 Å². The van der Waals surface area contributed by atoms with Gasteiger partial charge >= 0.3 is 0 Å². The average molecular weight is 248 g/mol. The fraction of sp³-hybridized carbons (Fsp3) is 0.714. The summed E-state index contributed by atoms with van der Waals surface area (Å²) in [5, 5.41) is 6.73. The van der Waals surface area contributed by atoms with Crippen molar-refractivity contribution in [1.29, 1.82) is 0 Å². The quantitative estimate of drug-likeness (QED) is 0.778. The molecule has 0 unspecified atom stereocenters. The van der Waals surface area contributed by atoms with Gasteiger partial charge in [-0.05, 0) is 30.6 Å². The first-order chi connectivity index (χ1) is 8.66. The van der Waals surface area contributed by atoms with Crippen molar-refractivity contribution in [1.82, 2.24) is 9.97 Å². The van der Waals surface area contributed by atoms with Crippen LogP contribution in [-0.4, -0.2) is 23.1 Å². The summed E-state index contributed by atoms with van der Waals surface area (Å²) < 4.78 is 0. The maximum Gasteiger partial charge on any atom is 0.131 e. The minimum Gasteiger partial charge on any atom is -0.370 e. The molecule has 2 rings (SSSR count). The maximum atomic E-state index is 4.28. The van der Waals surface area contributed by atoms with Gasteiger partial charge in [0.25, 0.3) is 0 Å². The molecule has 1 heterocycles. The Morgan fingerprint density at radius 2 is 1.89 bits per heavy atom. The number of aromatic nitrogens is 2. The minimum atomic E-state index is 0.502. The van der Waals surface area contributed by atoms with E-state index in [0.717, 1.165) is 37.1 Å². The Morgan fingerprint density at radius 1 is 1.22 bits per heavy atom. The van der Waals surface area contributed by atoms with Gasteiger partial charge in [0.1, 0.15) is 18.0 Å². The van der Waals surface area contributed by atoms with Crippen LogP contribution in [0, 0.1) is 11.3 Å². The molecule has 0 radical (unpaired) electrons. The van der Waals surface area contributed by atoms with Gasteiger partial charge in [0.05, 0.1) is 0 Å². The van der Waals surface area contributed by atoms with Gasteiger partial charge < -0.3 is 10.6 Å². The molecule has 1 saturated carbocycles. The third-order valence-electron chi connectivity index (χ3n) is 3.96. The highest BCUT2D eigenvalue weighted by Crippen LogP contribution is 2.51. The lowest BCUT2D eigenvalue weighted by atomic mass is 9.92. The van der Waals surface area contributed by atoms with Crippen LogP contribution in [0.3, 0.4) is 0 Å². The van der Waals surface area contributed by atoms with E-state index in [1.807, 2.05) is 6.07 Å². The molecule has 1 aliphatic rings. The standard InChI is InChI=1S/C14H24N4/c1-4-7-15-12-8-13(18-10-17-12)16-9-14(5-6-14)11(2)3/h8,10-11H,4-7,9H2,1-3H3,(H2,15,16,17,18). The molecule has 0 bridgehead atoms. The maximum absolute atomic E-state index is 4.28. The van der Waals surface area contributed by atoms with Crippen LogP contribution >= 0.6 is 0 Å². The van der Waals surface area contributed by atoms with Gasteiger partial charge in [-0.1, -0.05) is 20.8 Å². The van der Waals surface area contributed by atoms with Crippen molar-refractivity contribution in [3.8, 4) is 0 Å². The summed E-state index contributed by atoms with van der Waals surface area (Å²) in [6.45, 7) is 8.74. The molecule has 18 heavy (non-hydrogen) atoms. The minimum absolute atomic E-state index is 0.502. The number of nitrogens with zero attached hydrogens (tertiary/aromatic N) is 2. The van der Waals surface area contributed by atoms with Gasteiger partial charge in [0.15, 0.2) is 0 Å². The van der Waals surface area contributed by atoms with Gasteiger partial charge in [-0.2, -0.15) is 0 Å². The molecule has 4 nitrogen and oxygen atoms in total. The van der Waals surface area contributed by atoms with Crippen LogP contribution in [0.5, 0.6) is 0 Å². The molecular formula is C14H24N4. The van der Waals surface area contributed by atoms with Crippen LogP contribution in [0.25, 0.3) is 0 Å². The van der Waals surface area contributed by atoms with Crippen LogP contribution in [0.1, 0.15) is 40.0 Å². The Bertz CT molecular complexity index is 385. The summed E-state index contributed by atoms with van der Waals surface area (Å²) in [6.07, 6.45) is 5.39. The van der Waals surface area contributed by atoms with E-state index in [-0.39, 0.29) is 0 Å². The second kappa shape index (κ2) is 5.55. The van der Waals surface area contributed by atoms with Crippen molar-refractivity contribution in [3.63, 3.8) is 0 Å². The van der Waals surface area contributed by atoms with Crippen molar-refractivity contribution in [2.45, 2.75) is 40.0 Å². The first-order valence-corrected chi connectivity index (χ1v) is 6.96. The highest BCUT2D eigenvalue weighted by Gasteiger charge is 2.44. The topological polar surface area (TPSA) is 49.8 Å². The predicted octanol–water partition coefficient (Wildman–Crippen LogP) is 3.15. The third kappa shape index (κ3) is 3.12. The Balaban J connectivity index is 1.89. The van der Waals surface area contributed by atoms with E-state index >= 15 is 0 Å². The molecule has 1 fully saturated rings. The van der Waals surface area contributed by atoms with E-state index < -0.39 is 0 Å². The predicted molar refractivity (Wildman–Crippen MR) is 75.8 cm³/mol. The Hall–Kier alpha value is -1.32. The molecular weight excluding hydrogens is 224 g/mol. The summed E-state index contributed by atoms with van der Waals surface area (Å²) in [7, 11) is 0. The second-order valence-electron chi connectivity index (χ2n) is 5.59. The molecule has 2 N–H and O–H groups in total. The molecule has 0 spiro atoms. The van der Waals surface area contributed by atoms with Gasteiger partial charge in [0, 0.05) is 19.2 Å². The molecule has 4 heteroatoms. The van der Waals surface area contributed by atoms with E-state index in [2.05, 4.69) is 41.4 Å². The average Bonchev–Trinajstić information content (AvgIpc) is 3.16. The number of hydrogen-bond acceptors (Lipinski definition) is 4. The molecule has 0 aliphatic heterocycles. The Kier molecular flexibility index (Phi) is 4.04. The molecule has 100 valence electrons. The smallest absolute Gasteiger partial charge is 0.131 e. The van der Waals surface area contributed by atoms with E-state index in [4.69, 9.17) is 0 Å². The Morgan fingerprint density at radius 3 is 2.44 bits per heavy atom.